The molecule has 128 valence electrons. The number of halogens is 1. The molecule has 0 spiro atoms. The molecule has 0 atom stereocenters. The molecule has 25 heavy (non-hydrogen) atoms. The van der Waals surface area contributed by atoms with Crippen LogP contribution < -0.4 is 9.64 Å². The molecule has 1 amide bonds. The fraction of sp³-hybridized carbons (Fsp3) is 0.235. The van der Waals surface area contributed by atoms with Crippen LogP contribution in [0.25, 0.3) is 23.0 Å². The van der Waals surface area contributed by atoms with Crippen molar-refractivity contribution in [1.82, 2.24) is 10.1 Å². The summed E-state index contributed by atoms with van der Waals surface area (Å²) >= 11 is 3.24. The molecular weight excluding hydrogens is 390 g/mol. The van der Waals surface area contributed by atoms with Gasteiger partial charge in [0.05, 0.1) is 5.69 Å². The van der Waals surface area contributed by atoms with Crippen LogP contribution in [-0.4, -0.2) is 29.2 Å². The van der Waals surface area contributed by atoms with Gasteiger partial charge < -0.3 is 18.6 Å². The summed E-state index contributed by atoms with van der Waals surface area (Å²) in [5.74, 6) is 1.81. The van der Waals surface area contributed by atoms with Gasteiger partial charge in [-0.05, 0) is 52.7 Å². The second-order valence-corrected chi connectivity index (χ2v) is 6.33. The van der Waals surface area contributed by atoms with Crippen molar-refractivity contribution in [2.24, 2.45) is 0 Å². The first kappa shape index (κ1) is 15.9. The lowest BCUT2D eigenvalue weighted by Gasteiger charge is -2.29. The number of carbonyl (C=O) groups excluding carboxylic acids is 1. The van der Waals surface area contributed by atoms with Crippen molar-refractivity contribution in [2.45, 2.75) is 13.3 Å². The Morgan fingerprint density at radius 2 is 2.16 bits per heavy atom. The lowest BCUT2D eigenvalue weighted by atomic mass is 10.1. The van der Waals surface area contributed by atoms with E-state index in [1.165, 1.54) is 0 Å². The van der Waals surface area contributed by atoms with Gasteiger partial charge in [-0.3, -0.25) is 4.79 Å². The van der Waals surface area contributed by atoms with E-state index >= 15 is 0 Å². The number of carbonyl (C=O) groups is 1. The van der Waals surface area contributed by atoms with Crippen LogP contribution in [-0.2, 0) is 4.79 Å². The molecule has 0 bridgehead atoms. The summed E-state index contributed by atoms with van der Waals surface area (Å²) in [6.07, 6.45) is 0.856. The molecular formula is C17H14BrN3O4. The minimum absolute atomic E-state index is 0.0549. The number of rotatable bonds is 4. The molecule has 3 aromatic rings. The van der Waals surface area contributed by atoms with Crippen LogP contribution >= 0.6 is 15.9 Å². The topological polar surface area (TPSA) is 81.6 Å². The van der Waals surface area contributed by atoms with Gasteiger partial charge in [-0.2, -0.15) is 4.98 Å². The Bertz CT molecular complexity index is 934. The fourth-order valence-electron chi connectivity index (χ4n) is 2.68. The number of fused-ring (bicyclic) bond motifs is 1. The highest BCUT2D eigenvalue weighted by atomic mass is 79.9. The summed E-state index contributed by atoms with van der Waals surface area (Å²) in [6.45, 7) is 2.72. The van der Waals surface area contributed by atoms with Gasteiger partial charge in [0, 0.05) is 12.1 Å². The predicted octanol–water partition coefficient (Wildman–Crippen LogP) is 3.89. The van der Waals surface area contributed by atoms with Gasteiger partial charge in [-0.25, -0.2) is 0 Å². The number of aromatic nitrogens is 2. The molecule has 1 aliphatic heterocycles. The monoisotopic (exact) mass is 403 g/mol. The van der Waals surface area contributed by atoms with Crippen molar-refractivity contribution < 1.29 is 18.5 Å². The van der Waals surface area contributed by atoms with E-state index in [2.05, 4.69) is 26.1 Å². The van der Waals surface area contributed by atoms with E-state index in [1.807, 2.05) is 25.1 Å². The van der Waals surface area contributed by atoms with Crippen molar-refractivity contribution in [3.63, 3.8) is 0 Å². The molecule has 0 unspecified atom stereocenters. The maximum atomic E-state index is 12.1. The maximum Gasteiger partial charge on any atom is 0.293 e. The SMILES string of the molecule is CCCN1C(=O)COc2ccc(-c3noc(-c4ccc(Br)o4)n3)cc21. The number of hydrogen-bond acceptors (Lipinski definition) is 6. The van der Waals surface area contributed by atoms with Gasteiger partial charge in [0.1, 0.15) is 5.75 Å². The maximum absolute atomic E-state index is 12.1. The van der Waals surface area contributed by atoms with Gasteiger partial charge in [-0.15, -0.1) is 0 Å². The average Bonchev–Trinajstić information content (AvgIpc) is 3.26. The first-order valence-corrected chi connectivity index (χ1v) is 8.62. The Balaban J connectivity index is 1.70. The summed E-state index contributed by atoms with van der Waals surface area (Å²) in [4.78, 5) is 18.2. The number of anilines is 1. The van der Waals surface area contributed by atoms with Crippen LogP contribution in [0, 0.1) is 0 Å². The Kier molecular flexibility index (Phi) is 4.04. The Hall–Kier alpha value is -2.61. The van der Waals surface area contributed by atoms with Crippen molar-refractivity contribution in [1.29, 1.82) is 0 Å². The van der Waals surface area contributed by atoms with Gasteiger partial charge in [0.15, 0.2) is 17.0 Å². The van der Waals surface area contributed by atoms with E-state index in [0.717, 1.165) is 17.7 Å². The molecule has 0 radical (unpaired) electrons. The lowest BCUT2D eigenvalue weighted by molar-refractivity contribution is -0.121. The van der Waals surface area contributed by atoms with Crippen LogP contribution in [0.3, 0.4) is 0 Å². The summed E-state index contributed by atoms with van der Waals surface area (Å²) in [7, 11) is 0. The zero-order valence-electron chi connectivity index (χ0n) is 13.4. The number of benzene rings is 1. The second kappa shape index (κ2) is 6.36. The Morgan fingerprint density at radius 3 is 2.92 bits per heavy atom. The summed E-state index contributed by atoms with van der Waals surface area (Å²) in [5, 5.41) is 4.01. The molecule has 0 saturated carbocycles. The van der Waals surface area contributed by atoms with Crippen LogP contribution in [0.2, 0.25) is 0 Å². The molecule has 3 heterocycles. The first-order valence-electron chi connectivity index (χ1n) is 7.82. The molecule has 2 aromatic heterocycles. The van der Waals surface area contributed by atoms with Crippen molar-refractivity contribution in [3.8, 4) is 28.8 Å². The molecule has 0 fully saturated rings. The summed E-state index contributed by atoms with van der Waals surface area (Å²) in [6, 6.07) is 8.99. The number of nitrogens with zero attached hydrogens (tertiary/aromatic N) is 3. The normalized spacial score (nSPS) is 13.7. The van der Waals surface area contributed by atoms with Crippen molar-refractivity contribution >= 4 is 27.5 Å². The Morgan fingerprint density at radius 1 is 1.28 bits per heavy atom. The van der Waals surface area contributed by atoms with E-state index in [-0.39, 0.29) is 18.4 Å². The molecule has 0 aliphatic carbocycles. The van der Waals surface area contributed by atoms with Crippen molar-refractivity contribution in [2.75, 3.05) is 18.1 Å². The highest BCUT2D eigenvalue weighted by Crippen LogP contribution is 2.36. The van der Waals surface area contributed by atoms with E-state index in [9.17, 15) is 4.79 Å². The molecule has 1 aromatic carbocycles. The zero-order chi connectivity index (χ0) is 17.4. The lowest BCUT2D eigenvalue weighted by Crippen LogP contribution is -2.39. The van der Waals surface area contributed by atoms with Gasteiger partial charge in [0.2, 0.25) is 5.82 Å². The smallest absolute Gasteiger partial charge is 0.293 e. The molecule has 7 nitrogen and oxygen atoms in total. The second-order valence-electron chi connectivity index (χ2n) is 5.54. The predicted molar refractivity (Wildman–Crippen MR) is 93.3 cm³/mol. The van der Waals surface area contributed by atoms with Crippen LogP contribution in [0.15, 0.2) is 43.9 Å². The van der Waals surface area contributed by atoms with Gasteiger partial charge >= 0.3 is 0 Å². The largest absolute Gasteiger partial charge is 0.482 e. The minimum Gasteiger partial charge on any atom is -0.482 e. The first-order chi connectivity index (χ1) is 12.2. The van der Waals surface area contributed by atoms with E-state index in [4.69, 9.17) is 13.7 Å². The average molecular weight is 404 g/mol. The third-order valence-electron chi connectivity index (χ3n) is 3.82. The quantitative estimate of drug-likeness (QED) is 0.656. The van der Waals surface area contributed by atoms with Crippen molar-refractivity contribution in [3.05, 3.63) is 35.0 Å². The molecule has 0 saturated heterocycles. The molecule has 1 aliphatic rings. The third-order valence-corrected chi connectivity index (χ3v) is 4.24. The minimum atomic E-state index is -0.0549. The summed E-state index contributed by atoms with van der Waals surface area (Å²) < 4.78 is 16.8. The molecule has 4 rings (SSSR count). The van der Waals surface area contributed by atoms with Crippen LogP contribution in [0.4, 0.5) is 5.69 Å². The third kappa shape index (κ3) is 2.93. The summed E-state index contributed by atoms with van der Waals surface area (Å²) in [5.41, 5.74) is 1.46. The van der Waals surface area contributed by atoms with E-state index < -0.39 is 0 Å². The number of amides is 1. The molecule has 0 N–H and O–H groups in total. The zero-order valence-corrected chi connectivity index (χ0v) is 14.9. The van der Waals surface area contributed by atoms with Gasteiger partial charge in [-0.1, -0.05) is 12.1 Å². The number of furan rings is 1. The van der Waals surface area contributed by atoms with E-state index in [0.29, 0.717) is 28.5 Å². The van der Waals surface area contributed by atoms with Crippen LogP contribution in [0.5, 0.6) is 5.75 Å². The van der Waals surface area contributed by atoms with Gasteiger partial charge in [0.25, 0.3) is 11.8 Å². The highest BCUT2D eigenvalue weighted by molar-refractivity contribution is 9.10. The standard InChI is InChI=1S/C17H14BrN3O4/c1-2-7-21-11-8-10(3-4-12(11)23-9-15(21)22)16-19-17(25-20-16)13-5-6-14(18)24-13/h3-6,8H,2,7,9H2,1H3. The fourth-order valence-corrected chi connectivity index (χ4v) is 2.99. The number of ether oxygens (including phenoxy) is 1. The number of hydrogen-bond donors (Lipinski definition) is 0. The van der Waals surface area contributed by atoms with E-state index in [1.54, 1.807) is 17.0 Å². The molecule has 8 heteroatoms. The van der Waals surface area contributed by atoms with Crippen LogP contribution in [0.1, 0.15) is 13.3 Å². The highest BCUT2D eigenvalue weighted by Gasteiger charge is 2.26. The Labute approximate surface area is 151 Å².